The van der Waals surface area contributed by atoms with E-state index in [1.807, 2.05) is 0 Å². The maximum atomic E-state index is 9.16. The Bertz CT molecular complexity index is 486. The van der Waals surface area contributed by atoms with Crippen molar-refractivity contribution in [2.75, 3.05) is 0 Å². The van der Waals surface area contributed by atoms with Crippen LogP contribution in [0.1, 0.15) is 50.2 Å². The van der Waals surface area contributed by atoms with Crippen molar-refractivity contribution in [3.8, 4) is 0 Å². The lowest BCUT2D eigenvalue weighted by atomic mass is 9.97. The number of allylic oxidation sites excluding steroid dienone is 2. The van der Waals surface area contributed by atoms with Crippen molar-refractivity contribution >= 4 is 11.3 Å². The number of hydrogen-bond acceptors (Lipinski definition) is 2. The Kier molecular flexibility index (Phi) is 4.19. The first-order chi connectivity index (χ1) is 8.76. The second-order valence-corrected chi connectivity index (χ2v) is 5.00. The second kappa shape index (κ2) is 5.85. The Morgan fingerprint density at radius 2 is 2.11 bits per heavy atom. The Balaban J connectivity index is 2.40. The molecule has 0 bridgehead atoms. The Morgan fingerprint density at radius 1 is 1.28 bits per heavy atom. The highest BCUT2D eigenvalue weighted by atomic mass is 16.4. The first kappa shape index (κ1) is 12.9. The van der Waals surface area contributed by atoms with Crippen LogP contribution in [0.5, 0.6) is 0 Å². The molecule has 1 aromatic rings. The van der Waals surface area contributed by atoms with Crippen molar-refractivity contribution < 1.29 is 5.21 Å². The molecular weight excluding hydrogens is 222 g/mol. The number of benzene rings is 1. The molecule has 0 heterocycles. The molecule has 2 nitrogen and oxygen atoms in total. The summed E-state index contributed by atoms with van der Waals surface area (Å²) < 4.78 is 0. The van der Waals surface area contributed by atoms with E-state index >= 15 is 0 Å². The molecule has 1 aliphatic carbocycles. The van der Waals surface area contributed by atoms with Crippen molar-refractivity contribution in [2.45, 2.75) is 46.0 Å². The number of aryl methyl sites for hydroxylation is 1. The standard InChI is InChI=1S/C16H21NO/c1-3-4-7-13-9-10-15(17-18)16(13)14-8-5-6-12(2)11-14/h5-6,8,11,18H,3-4,7,9-10H2,1-2H3. The van der Waals surface area contributed by atoms with Gasteiger partial charge in [0.2, 0.25) is 0 Å². The van der Waals surface area contributed by atoms with Gasteiger partial charge in [0.25, 0.3) is 0 Å². The molecule has 0 spiro atoms. The quantitative estimate of drug-likeness (QED) is 0.610. The molecule has 0 saturated heterocycles. The summed E-state index contributed by atoms with van der Waals surface area (Å²) in [5.74, 6) is 0. The topological polar surface area (TPSA) is 32.6 Å². The summed E-state index contributed by atoms with van der Waals surface area (Å²) in [5.41, 5.74) is 5.95. The molecule has 0 amide bonds. The van der Waals surface area contributed by atoms with Gasteiger partial charge in [0, 0.05) is 5.57 Å². The zero-order chi connectivity index (χ0) is 13.0. The predicted octanol–water partition coefficient (Wildman–Crippen LogP) is 4.56. The Labute approximate surface area is 109 Å². The van der Waals surface area contributed by atoms with Crippen LogP contribution in [0, 0.1) is 6.92 Å². The van der Waals surface area contributed by atoms with E-state index in [1.54, 1.807) is 0 Å². The van der Waals surface area contributed by atoms with Gasteiger partial charge >= 0.3 is 0 Å². The SMILES string of the molecule is CCCCC1=C(c2cccc(C)c2)C(=NO)CC1. The van der Waals surface area contributed by atoms with Crippen LogP contribution in [0.2, 0.25) is 0 Å². The molecule has 0 aromatic heterocycles. The number of rotatable bonds is 4. The summed E-state index contributed by atoms with van der Waals surface area (Å²) in [6, 6.07) is 8.46. The lowest BCUT2D eigenvalue weighted by Gasteiger charge is -2.08. The van der Waals surface area contributed by atoms with Crippen LogP contribution < -0.4 is 0 Å². The molecule has 0 unspecified atom stereocenters. The molecule has 1 N–H and O–H groups in total. The van der Waals surface area contributed by atoms with Gasteiger partial charge in [0.05, 0.1) is 5.71 Å². The van der Waals surface area contributed by atoms with Gasteiger partial charge in [-0.2, -0.15) is 0 Å². The number of unbranched alkanes of at least 4 members (excludes halogenated alkanes) is 1. The minimum Gasteiger partial charge on any atom is -0.411 e. The van der Waals surface area contributed by atoms with Crippen LogP contribution in [0.15, 0.2) is 35.0 Å². The van der Waals surface area contributed by atoms with Gasteiger partial charge in [0.1, 0.15) is 0 Å². The van der Waals surface area contributed by atoms with Gasteiger partial charge in [-0.05, 0) is 38.2 Å². The van der Waals surface area contributed by atoms with Crippen LogP contribution in [-0.2, 0) is 0 Å². The summed E-state index contributed by atoms with van der Waals surface area (Å²) >= 11 is 0. The van der Waals surface area contributed by atoms with Crippen LogP contribution in [0.25, 0.3) is 5.57 Å². The van der Waals surface area contributed by atoms with Crippen LogP contribution >= 0.6 is 0 Å². The first-order valence-corrected chi connectivity index (χ1v) is 6.76. The van der Waals surface area contributed by atoms with Gasteiger partial charge in [-0.3, -0.25) is 0 Å². The minimum atomic E-state index is 0.853. The number of hydrogen-bond donors (Lipinski definition) is 1. The van der Waals surface area contributed by atoms with E-state index in [-0.39, 0.29) is 0 Å². The minimum absolute atomic E-state index is 0.853. The molecule has 96 valence electrons. The Hall–Kier alpha value is -1.57. The zero-order valence-corrected chi connectivity index (χ0v) is 11.2. The molecule has 0 aliphatic heterocycles. The molecule has 2 heteroatoms. The van der Waals surface area contributed by atoms with E-state index in [9.17, 15) is 0 Å². The third-order valence-corrected chi connectivity index (χ3v) is 3.57. The third kappa shape index (κ3) is 2.63. The average molecular weight is 243 g/mol. The average Bonchev–Trinajstić information content (AvgIpc) is 2.79. The molecule has 2 rings (SSSR count). The summed E-state index contributed by atoms with van der Waals surface area (Å²) in [4.78, 5) is 0. The van der Waals surface area contributed by atoms with Crippen LogP contribution in [0.3, 0.4) is 0 Å². The maximum absolute atomic E-state index is 9.16. The zero-order valence-electron chi connectivity index (χ0n) is 11.2. The summed E-state index contributed by atoms with van der Waals surface area (Å²) in [7, 11) is 0. The van der Waals surface area contributed by atoms with Crippen LogP contribution in [0.4, 0.5) is 0 Å². The highest BCUT2D eigenvalue weighted by Crippen LogP contribution is 2.35. The number of nitrogens with zero attached hydrogens (tertiary/aromatic N) is 1. The van der Waals surface area contributed by atoms with Gasteiger partial charge in [0.15, 0.2) is 0 Å². The van der Waals surface area contributed by atoms with E-state index in [4.69, 9.17) is 5.21 Å². The van der Waals surface area contributed by atoms with Crippen molar-refractivity contribution in [1.29, 1.82) is 0 Å². The maximum Gasteiger partial charge on any atom is 0.0876 e. The lowest BCUT2D eigenvalue weighted by Crippen LogP contribution is -1.97. The fourth-order valence-electron chi connectivity index (χ4n) is 2.63. The van der Waals surface area contributed by atoms with E-state index in [2.05, 4.69) is 43.3 Å². The summed E-state index contributed by atoms with van der Waals surface area (Å²) in [6.07, 6.45) is 5.46. The lowest BCUT2D eigenvalue weighted by molar-refractivity contribution is 0.319. The largest absolute Gasteiger partial charge is 0.411 e. The van der Waals surface area contributed by atoms with E-state index in [1.165, 1.54) is 35.1 Å². The van der Waals surface area contributed by atoms with E-state index < -0.39 is 0 Å². The van der Waals surface area contributed by atoms with Crippen molar-refractivity contribution in [2.24, 2.45) is 5.16 Å². The van der Waals surface area contributed by atoms with Crippen molar-refractivity contribution in [3.05, 3.63) is 41.0 Å². The molecule has 0 saturated carbocycles. The van der Waals surface area contributed by atoms with Gasteiger partial charge < -0.3 is 5.21 Å². The van der Waals surface area contributed by atoms with Crippen molar-refractivity contribution in [1.82, 2.24) is 0 Å². The summed E-state index contributed by atoms with van der Waals surface area (Å²) in [6.45, 7) is 4.31. The van der Waals surface area contributed by atoms with Gasteiger partial charge in [-0.25, -0.2) is 0 Å². The molecule has 1 aromatic carbocycles. The van der Waals surface area contributed by atoms with E-state index in [0.717, 1.165) is 25.0 Å². The molecule has 0 fully saturated rings. The molecule has 1 aliphatic rings. The smallest absolute Gasteiger partial charge is 0.0876 e. The molecule has 0 atom stereocenters. The van der Waals surface area contributed by atoms with Gasteiger partial charge in [-0.15, -0.1) is 0 Å². The second-order valence-electron chi connectivity index (χ2n) is 5.00. The Morgan fingerprint density at radius 3 is 2.78 bits per heavy atom. The highest BCUT2D eigenvalue weighted by molar-refractivity contribution is 6.26. The monoisotopic (exact) mass is 243 g/mol. The predicted molar refractivity (Wildman–Crippen MR) is 76.1 cm³/mol. The highest BCUT2D eigenvalue weighted by Gasteiger charge is 2.22. The third-order valence-electron chi connectivity index (χ3n) is 3.57. The van der Waals surface area contributed by atoms with E-state index in [0.29, 0.717) is 0 Å². The van der Waals surface area contributed by atoms with Gasteiger partial charge in [-0.1, -0.05) is 53.9 Å². The molecule has 0 radical (unpaired) electrons. The van der Waals surface area contributed by atoms with Crippen molar-refractivity contribution in [3.63, 3.8) is 0 Å². The number of oxime groups is 1. The fourth-order valence-corrected chi connectivity index (χ4v) is 2.63. The normalized spacial score (nSPS) is 17.8. The molecular formula is C16H21NO. The summed E-state index contributed by atoms with van der Waals surface area (Å²) in [5, 5.41) is 12.7. The fraction of sp³-hybridized carbons (Fsp3) is 0.438. The molecule has 18 heavy (non-hydrogen) atoms. The van der Waals surface area contributed by atoms with Crippen LogP contribution in [-0.4, -0.2) is 10.9 Å². The first-order valence-electron chi connectivity index (χ1n) is 6.76.